The molecule has 0 aromatic rings. The maximum Gasteiger partial charge on any atom is 0.137 e. The van der Waals surface area contributed by atoms with Crippen LogP contribution in [0.25, 0.3) is 0 Å². The number of carbonyl (C=O) groups is 1. The summed E-state index contributed by atoms with van der Waals surface area (Å²) in [6.45, 7) is 6.55. The van der Waals surface area contributed by atoms with E-state index in [1.54, 1.807) is 0 Å². The zero-order valence-electron chi connectivity index (χ0n) is 15.5. The monoisotopic (exact) mass is 334 g/mol. The molecule has 0 aromatic heterocycles. The Balaban J connectivity index is 1.67. The maximum atomic E-state index is 13.3. The highest BCUT2D eigenvalue weighted by Gasteiger charge is 2.63. The molecule has 24 heavy (non-hydrogen) atoms. The first-order chi connectivity index (χ1) is 11.3. The molecule has 0 unspecified atom stereocenters. The van der Waals surface area contributed by atoms with Crippen LogP contribution in [-0.2, 0) is 4.79 Å². The Kier molecular flexibility index (Phi) is 3.93. The van der Waals surface area contributed by atoms with E-state index in [4.69, 9.17) is 0 Å². The molecule has 0 saturated heterocycles. The molecular formula is C21H34O3. The van der Waals surface area contributed by atoms with Crippen molar-refractivity contribution in [1.29, 1.82) is 0 Å². The highest BCUT2D eigenvalue weighted by atomic mass is 16.3. The molecule has 3 heteroatoms. The van der Waals surface area contributed by atoms with Crippen molar-refractivity contribution in [2.24, 2.45) is 40.4 Å². The molecule has 4 aliphatic carbocycles. The van der Waals surface area contributed by atoms with E-state index in [0.29, 0.717) is 30.0 Å². The highest BCUT2D eigenvalue weighted by Crippen LogP contribution is 2.66. The molecule has 0 aromatic carbocycles. The third-order valence-electron chi connectivity index (χ3n) is 8.98. The number of Topliss-reactive ketones (excluding diaryl/α,β-unsaturated/α-hetero) is 1. The van der Waals surface area contributed by atoms with Gasteiger partial charge in [0.1, 0.15) is 5.78 Å². The van der Waals surface area contributed by atoms with Gasteiger partial charge >= 0.3 is 0 Å². The number of fused-ring (bicyclic) bond motifs is 5. The first kappa shape index (κ1) is 17.0. The summed E-state index contributed by atoms with van der Waals surface area (Å²) in [5.74, 6) is 2.58. The molecule has 4 aliphatic rings. The second-order valence-electron chi connectivity index (χ2n) is 10.0. The number of aliphatic hydroxyl groups is 2. The quantitative estimate of drug-likeness (QED) is 0.771. The smallest absolute Gasteiger partial charge is 0.137 e. The third kappa shape index (κ3) is 2.19. The summed E-state index contributed by atoms with van der Waals surface area (Å²) in [5.41, 5.74) is 0.104. The highest BCUT2D eigenvalue weighted by molar-refractivity contribution is 5.84. The van der Waals surface area contributed by atoms with Crippen LogP contribution in [0.2, 0.25) is 0 Å². The Hall–Kier alpha value is -0.410. The van der Waals surface area contributed by atoms with Crippen LogP contribution < -0.4 is 0 Å². The lowest BCUT2D eigenvalue weighted by molar-refractivity contribution is -0.163. The standard InChI is InChI=1S/C21H34O3/c1-12(22)16-6-7-17-15-5-4-13-10-14(23)8-9-20(13,2)19(15)18(24)11-21(16,17)3/h12-17,19,22-23H,4-11H2,1-3H3/t12-,13+,14-,15-,16-,17+,19-,20-,21+/m0/s1. The second kappa shape index (κ2) is 5.54. The Bertz CT molecular complexity index is 529. The van der Waals surface area contributed by atoms with Gasteiger partial charge in [0, 0.05) is 12.3 Å². The van der Waals surface area contributed by atoms with Crippen LogP contribution in [0, 0.1) is 40.4 Å². The second-order valence-corrected chi connectivity index (χ2v) is 10.0. The van der Waals surface area contributed by atoms with Crippen molar-refractivity contribution >= 4 is 5.78 Å². The van der Waals surface area contributed by atoms with Crippen molar-refractivity contribution in [2.45, 2.75) is 84.3 Å². The van der Waals surface area contributed by atoms with Crippen LogP contribution in [-0.4, -0.2) is 28.2 Å². The summed E-state index contributed by atoms with van der Waals surface area (Å²) in [6.07, 6.45) is 7.56. The van der Waals surface area contributed by atoms with E-state index < -0.39 is 0 Å². The van der Waals surface area contributed by atoms with Crippen LogP contribution in [0.3, 0.4) is 0 Å². The van der Waals surface area contributed by atoms with Crippen LogP contribution >= 0.6 is 0 Å². The van der Waals surface area contributed by atoms with Crippen molar-refractivity contribution in [3.8, 4) is 0 Å². The summed E-state index contributed by atoms with van der Waals surface area (Å²) < 4.78 is 0. The zero-order valence-corrected chi connectivity index (χ0v) is 15.5. The van der Waals surface area contributed by atoms with Gasteiger partial charge in [0.15, 0.2) is 0 Å². The van der Waals surface area contributed by atoms with E-state index in [2.05, 4.69) is 13.8 Å². The van der Waals surface area contributed by atoms with Gasteiger partial charge in [0.05, 0.1) is 12.2 Å². The van der Waals surface area contributed by atoms with Crippen molar-refractivity contribution in [3.63, 3.8) is 0 Å². The summed E-state index contributed by atoms with van der Waals surface area (Å²) in [5, 5.41) is 20.4. The van der Waals surface area contributed by atoms with Gasteiger partial charge in [-0.2, -0.15) is 0 Å². The number of ketones is 1. The van der Waals surface area contributed by atoms with Gasteiger partial charge in [-0.3, -0.25) is 4.79 Å². The van der Waals surface area contributed by atoms with Crippen molar-refractivity contribution in [2.75, 3.05) is 0 Å². The fourth-order valence-corrected chi connectivity index (χ4v) is 7.88. The molecule has 136 valence electrons. The molecule has 0 amide bonds. The summed E-state index contributed by atoms with van der Waals surface area (Å²) in [7, 11) is 0. The minimum Gasteiger partial charge on any atom is -0.393 e. The molecule has 4 rings (SSSR count). The van der Waals surface area contributed by atoms with Crippen molar-refractivity contribution in [1.82, 2.24) is 0 Å². The number of aliphatic hydroxyl groups excluding tert-OH is 2. The first-order valence-electron chi connectivity index (χ1n) is 10.2. The van der Waals surface area contributed by atoms with Gasteiger partial charge in [-0.25, -0.2) is 0 Å². The minimum absolute atomic E-state index is 0.00376. The molecule has 0 radical (unpaired) electrons. The van der Waals surface area contributed by atoms with E-state index in [-0.39, 0.29) is 34.9 Å². The zero-order chi connectivity index (χ0) is 17.3. The average Bonchev–Trinajstić information content (AvgIpc) is 2.84. The SMILES string of the molecule is C[C@H](O)[C@@H]1CC[C@@H]2[C@@H]3CC[C@@H]4C[C@@H](O)CC[C@]4(C)[C@@H]3C(=O)C[C@@]21C. The summed E-state index contributed by atoms with van der Waals surface area (Å²) in [4.78, 5) is 13.3. The molecule has 0 heterocycles. The van der Waals surface area contributed by atoms with Gasteiger partial charge in [0.25, 0.3) is 0 Å². The molecular weight excluding hydrogens is 300 g/mol. The average molecular weight is 335 g/mol. The normalized spacial score (nSPS) is 55.5. The molecule has 9 atom stereocenters. The number of hydrogen-bond donors (Lipinski definition) is 2. The Morgan fingerprint density at radius 3 is 2.54 bits per heavy atom. The van der Waals surface area contributed by atoms with Crippen molar-refractivity contribution in [3.05, 3.63) is 0 Å². The summed E-state index contributed by atoms with van der Waals surface area (Å²) >= 11 is 0. The van der Waals surface area contributed by atoms with Gasteiger partial charge in [-0.1, -0.05) is 13.8 Å². The van der Waals surface area contributed by atoms with E-state index >= 15 is 0 Å². The first-order valence-corrected chi connectivity index (χ1v) is 10.2. The van der Waals surface area contributed by atoms with Crippen LogP contribution in [0.15, 0.2) is 0 Å². The number of carbonyl (C=O) groups excluding carboxylic acids is 1. The van der Waals surface area contributed by atoms with Gasteiger partial charge in [-0.15, -0.1) is 0 Å². The summed E-state index contributed by atoms with van der Waals surface area (Å²) in [6, 6.07) is 0. The largest absolute Gasteiger partial charge is 0.393 e. The van der Waals surface area contributed by atoms with Gasteiger partial charge < -0.3 is 10.2 Å². The molecule has 0 aliphatic heterocycles. The fraction of sp³-hybridized carbons (Fsp3) is 0.952. The lowest BCUT2D eigenvalue weighted by atomic mass is 9.44. The van der Waals surface area contributed by atoms with E-state index in [0.717, 1.165) is 32.1 Å². The Morgan fingerprint density at radius 2 is 1.83 bits per heavy atom. The topological polar surface area (TPSA) is 57.5 Å². The molecule has 2 N–H and O–H groups in total. The Labute approximate surface area is 146 Å². The predicted octanol–water partition coefficient (Wildman–Crippen LogP) is 3.57. The van der Waals surface area contributed by atoms with E-state index in [1.807, 2.05) is 6.92 Å². The molecule has 4 saturated carbocycles. The van der Waals surface area contributed by atoms with Crippen LogP contribution in [0.4, 0.5) is 0 Å². The molecule has 4 fully saturated rings. The lowest BCUT2D eigenvalue weighted by Crippen LogP contribution is -2.58. The fourth-order valence-electron chi connectivity index (χ4n) is 7.88. The number of hydrogen-bond acceptors (Lipinski definition) is 3. The van der Waals surface area contributed by atoms with E-state index in [9.17, 15) is 15.0 Å². The maximum absolute atomic E-state index is 13.3. The minimum atomic E-state index is -0.305. The molecule has 3 nitrogen and oxygen atoms in total. The van der Waals surface area contributed by atoms with Crippen molar-refractivity contribution < 1.29 is 15.0 Å². The molecule has 0 spiro atoms. The van der Waals surface area contributed by atoms with E-state index in [1.165, 1.54) is 12.8 Å². The lowest BCUT2D eigenvalue weighted by Gasteiger charge is -2.60. The van der Waals surface area contributed by atoms with Gasteiger partial charge in [0.2, 0.25) is 0 Å². The Morgan fingerprint density at radius 1 is 1.08 bits per heavy atom. The molecule has 0 bridgehead atoms. The van der Waals surface area contributed by atoms with Crippen LogP contribution in [0.5, 0.6) is 0 Å². The number of rotatable bonds is 1. The van der Waals surface area contributed by atoms with Crippen LogP contribution in [0.1, 0.15) is 72.1 Å². The third-order valence-corrected chi connectivity index (χ3v) is 8.98. The van der Waals surface area contributed by atoms with Gasteiger partial charge in [-0.05, 0) is 86.4 Å². The predicted molar refractivity (Wildman–Crippen MR) is 93.3 cm³/mol.